The number of benzene rings is 3. The molecule has 0 spiro atoms. The molecule has 3 aromatic rings. The van der Waals surface area contributed by atoms with Gasteiger partial charge in [-0.2, -0.15) is 0 Å². The number of Topliss-reactive ketones (excluding diaryl/α,β-unsaturated/α-hetero) is 1. The number of nitrogens with zero attached hydrogens (tertiary/aromatic N) is 2. The summed E-state index contributed by atoms with van der Waals surface area (Å²) in [5.41, 5.74) is 2.63. The molecule has 178 valence electrons. The maximum Gasteiger partial charge on any atom is 0.300 e. The number of halogens is 1. The molecule has 1 unspecified atom stereocenters. The number of fused-ring (bicyclic) bond motifs is 1. The minimum Gasteiger partial charge on any atom is -0.507 e. The van der Waals surface area contributed by atoms with Crippen LogP contribution in [-0.4, -0.2) is 44.1 Å². The van der Waals surface area contributed by atoms with Crippen LogP contribution in [0.1, 0.15) is 17.2 Å². The van der Waals surface area contributed by atoms with Crippen molar-refractivity contribution in [1.82, 2.24) is 0 Å². The molecule has 1 fully saturated rings. The van der Waals surface area contributed by atoms with Crippen molar-refractivity contribution < 1.29 is 24.2 Å². The van der Waals surface area contributed by atoms with Crippen LogP contribution in [0.2, 0.25) is 0 Å². The molecule has 1 atom stereocenters. The van der Waals surface area contributed by atoms with Crippen molar-refractivity contribution >= 4 is 44.8 Å². The van der Waals surface area contributed by atoms with Gasteiger partial charge in [0.25, 0.3) is 11.7 Å². The van der Waals surface area contributed by atoms with Crippen molar-refractivity contribution in [1.29, 1.82) is 0 Å². The van der Waals surface area contributed by atoms with Crippen LogP contribution in [0.3, 0.4) is 0 Å². The molecule has 0 radical (unpaired) electrons. The predicted octanol–water partition coefficient (Wildman–Crippen LogP) is 4.91. The number of aliphatic hydroxyl groups is 1. The highest BCUT2D eigenvalue weighted by atomic mass is 79.9. The van der Waals surface area contributed by atoms with Gasteiger partial charge in [-0.3, -0.25) is 14.5 Å². The first kappa shape index (κ1) is 23.0. The lowest BCUT2D eigenvalue weighted by atomic mass is 9.95. The minimum atomic E-state index is -0.822. The number of anilines is 2. The van der Waals surface area contributed by atoms with Crippen molar-refractivity contribution in [2.24, 2.45) is 0 Å². The fraction of sp³-hybridized carbons (Fsp3) is 0.185. The third-order valence-corrected chi connectivity index (χ3v) is 6.62. The van der Waals surface area contributed by atoms with Crippen LogP contribution in [0.15, 0.2) is 76.8 Å². The summed E-state index contributed by atoms with van der Waals surface area (Å²) >= 11 is 3.38. The lowest BCUT2D eigenvalue weighted by molar-refractivity contribution is -0.132. The van der Waals surface area contributed by atoms with Gasteiger partial charge in [0.1, 0.15) is 19.0 Å². The SMILES string of the molecule is CN(C)c1ccc(C2/C(=C(\O)c3ccc(Br)cc3)C(=O)C(=O)N2c2ccc3c(c2)OCCO3)cc1. The zero-order valence-corrected chi connectivity index (χ0v) is 20.8. The van der Waals surface area contributed by atoms with E-state index in [1.807, 2.05) is 43.3 Å². The third kappa shape index (κ3) is 4.14. The van der Waals surface area contributed by atoms with Gasteiger partial charge in [-0.15, -0.1) is 0 Å². The lowest BCUT2D eigenvalue weighted by Crippen LogP contribution is -2.29. The lowest BCUT2D eigenvalue weighted by Gasteiger charge is -2.27. The summed E-state index contributed by atoms with van der Waals surface area (Å²) in [6.07, 6.45) is 0. The maximum absolute atomic E-state index is 13.4. The van der Waals surface area contributed by atoms with E-state index in [2.05, 4.69) is 15.9 Å². The van der Waals surface area contributed by atoms with Crippen molar-refractivity contribution in [2.45, 2.75) is 6.04 Å². The molecule has 7 nitrogen and oxygen atoms in total. The molecule has 0 aromatic heterocycles. The van der Waals surface area contributed by atoms with Gasteiger partial charge in [-0.05, 0) is 42.0 Å². The highest BCUT2D eigenvalue weighted by Gasteiger charge is 2.47. The van der Waals surface area contributed by atoms with Crippen LogP contribution in [0.4, 0.5) is 11.4 Å². The molecule has 0 bridgehead atoms. The van der Waals surface area contributed by atoms with E-state index in [1.54, 1.807) is 42.5 Å². The minimum absolute atomic E-state index is 0.0322. The van der Waals surface area contributed by atoms with Crippen LogP contribution in [0, 0.1) is 0 Å². The number of hydrogen-bond donors (Lipinski definition) is 1. The summed E-state index contributed by atoms with van der Waals surface area (Å²) in [6.45, 7) is 0.844. The van der Waals surface area contributed by atoms with Gasteiger partial charge in [0.05, 0.1) is 11.6 Å². The number of carbonyl (C=O) groups is 2. The monoisotopic (exact) mass is 534 g/mol. The fourth-order valence-electron chi connectivity index (χ4n) is 4.31. The number of rotatable bonds is 4. The second kappa shape index (κ2) is 9.11. The smallest absolute Gasteiger partial charge is 0.300 e. The quantitative estimate of drug-likeness (QED) is 0.291. The number of ether oxygens (including phenoxy) is 2. The zero-order valence-electron chi connectivity index (χ0n) is 19.2. The normalized spacial score (nSPS) is 18.6. The van der Waals surface area contributed by atoms with Gasteiger partial charge >= 0.3 is 0 Å². The number of amides is 1. The molecule has 2 heterocycles. The Morgan fingerprint density at radius 3 is 2.26 bits per heavy atom. The first-order chi connectivity index (χ1) is 16.8. The van der Waals surface area contributed by atoms with Crippen LogP contribution in [0.25, 0.3) is 5.76 Å². The Hall–Kier alpha value is -3.78. The topological polar surface area (TPSA) is 79.3 Å². The van der Waals surface area contributed by atoms with Crippen molar-refractivity contribution in [3.05, 3.63) is 87.9 Å². The number of carbonyl (C=O) groups excluding carboxylic acids is 2. The van der Waals surface area contributed by atoms with E-state index in [0.717, 1.165) is 10.2 Å². The van der Waals surface area contributed by atoms with Crippen molar-refractivity contribution in [3.8, 4) is 11.5 Å². The molecule has 0 aliphatic carbocycles. The molecule has 1 amide bonds. The predicted molar refractivity (Wildman–Crippen MR) is 137 cm³/mol. The van der Waals surface area contributed by atoms with E-state index in [9.17, 15) is 14.7 Å². The molecule has 2 aliphatic rings. The molecule has 2 aliphatic heterocycles. The average molecular weight is 535 g/mol. The van der Waals surface area contributed by atoms with E-state index in [-0.39, 0.29) is 11.3 Å². The van der Waals surface area contributed by atoms with E-state index in [1.165, 1.54) is 4.90 Å². The molecule has 0 saturated carbocycles. The van der Waals surface area contributed by atoms with Gasteiger partial charge < -0.3 is 19.5 Å². The maximum atomic E-state index is 13.4. The van der Waals surface area contributed by atoms with Crippen LogP contribution < -0.4 is 19.3 Å². The molecule has 1 N–H and O–H groups in total. The van der Waals surface area contributed by atoms with E-state index >= 15 is 0 Å². The molecular formula is C27H23BrN2O5. The standard InChI is InChI=1S/C27H23BrN2O5/c1-29(2)19-9-5-16(6-10-19)24-23(25(31)17-3-7-18(28)8-4-17)26(32)27(33)30(24)20-11-12-21-22(15-20)35-14-13-34-21/h3-12,15,24,31H,13-14H2,1-2H3/b25-23+. The Morgan fingerprint density at radius 1 is 0.943 bits per heavy atom. The van der Waals surface area contributed by atoms with Crippen molar-refractivity contribution in [3.63, 3.8) is 0 Å². The molecule has 8 heteroatoms. The summed E-state index contributed by atoms with van der Waals surface area (Å²) in [6, 6.07) is 18.8. The van der Waals surface area contributed by atoms with Gasteiger partial charge in [-0.1, -0.05) is 40.2 Å². The number of aliphatic hydroxyl groups excluding tert-OH is 1. The molecule has 35 heavy (non-hydrogen) atoms. The number of ketones is 1. The highest BCUT2D eigenvalue weighted by Crippen LogP contribution is 2.44. The number of hydrogen-bond acceptors (Lipinski definition) is 6. The van der Waals surface area contributed by atoms with E-state index in [4.69, 9.17) is 9.47 Å². The van der Waals surface area contributed by atoms with E-state index in [0.29, 0.717) is 41.5 Å². The summed E-state index contributed by atoms with van der Waals surface area (Å²) in [4.78, 5) is 30.1. The Morgan fingerprint density at radius 2 is 1.60 bits per heavy atom. The Labute approximate surface area is 211 Å². The van der Waals surface area contributed by atoms with Gasteiger partial charge in [0.15, 0.2) is 11.5 Å². The first-order valence-corrected chi connectivity index (χ1v) is 11.9. The highest BCUT2D eigenvalue weighted by molar-refractivity contribution is 9.10. The summed E-state index contributed by atoms with van der Waals surface area (Å²) < 4.78 is 12.1. The third-order valence-electron chi connectivity index (χ3n) is 6.09. The molecule has 3 aromatic carbocycles. The summed E-state index contributed by atoms with van der Waals surface area (Å²) in [5, 5.41) is 11.2. The first-order valence-electron chi connectivity index (χ1n) is 11.1. The largest absolute Gasteiger partial charge is 0.507 e. The van der Waals surface area contributed by atoms with Crippen LogP contribution in [0.5, 0.6) is 11.5 Å². The Balaban J connectivity index is 1.68. The van der Waals surface area contributed by atoms with Gasteiger partial charge in [0, 0.05) is 41.6 Å². The van der Waals surface area contributed by atoms with Crippen LogP contribution >= 0.6 is 15.9 Å². The zero-order chi connectivity index (χ0) is 24.7. The average Bonchev–Trinajstić information content (AvgIpc) is 3.14. The molecule has 5 rings (SSSR count). The van der Waals surface area contributed by atoms with Gasteiger partial charge in [-0.25, -0.2) is 0 Å². The summed E-state index contributed by atoms with van der Waals surface area (Å²) in [7, 11) is 3.87. The summed E-state index contributed by atoms with van der Waals surface area (Å²) in [5.74, 6) is -0.606. The van der Waals surface area contributed by atoms with E-state index < -0.39 is 17.7 Å². The molecule has 1 saturated heterocycles. The second-order valence-electron chi connectivity index (χ2n) is 8.49. The second-order valence-corrected chi connectivity index (χ2v) is 9.41. The Bertz CT molecular complexity index is 1330. The Kier molecular flexibility index (Phi) is 5.98. The fourth-order valence-corrected chi connectivity index (χ4v) is 4.58. The van der Waals surface area contributed by atoms with Gasteiger partial charge in [0.2, 0.25) is 0 Å². The van der Waals surface area contributed by atoms with Crippen LogP contribution in [-0.2, 0) is 9.59 Å². The van der Waals surface area contributed by atoms with Crippen molar-refractivity contribution in [2.75, 3.05) is 37.1 Å². The molecular weight excluding hydrogens is 512 g/mol.